The van der Waals surface area contributed by atoms with Gasteiger partial charge >= 0.3 is 0 Å². The van der Waals surface area contributed by atoms with Gasteiger partial charge in [0.2, 0.25) is 0 Å². The molecule has 0 radical (unpaired) electrons. The maximum Gasteiger partial charge on any atom is 0.252 e. The highest BCUT2D eigenvalue weighted by Gasteiger charge is 2.48. The lowest BCUT2D eigenvalue weighted by Gasteiger charge is -2.48. The van der Waals surface area contributed by atoms with Crippen LogP contribution in [0.2, 0.25) is 0 Å². The van der Waals surface area contributed by atoms with Crippen LogP contribution in [-0.4, -0.2) is 6.71 Å². The first kappa shape index (κ1) is 38.7. The largest absolute Gasteiger partial charge is 0.454 e. The average molecular weight is 821 g/mol. The predicted molar refractivity (Wildman–Crippen MR) is 268 cm³/mol. The van der Waals surface area contributed by atoms with E-state index in [9.17, 15) is 0 Å². The Morgan fingerprint density at radius 2 is 1.06 bits per heavy atom. The Morgan fingerprint density at radius 3 is 1.78 bits per heavy atom. The number of fused-ring (bicyclic) bond motifs is 10. The Balaban J connectivity index is 1.26. The van der Waals surface area contributed by atoms with Crippen molar-refractivity contribution in [3.63, 3.8) is 0 Å². The third-order valence-corrected chi connectivity index (χ3v) is 16.1. The third-order valence-electron chi connectivity index (χ3n) is 16.1. The van der Waals surface area contributed by atoms with Crippen LogP contribution in [0.25, 0.3) is 33.1 Å². The van der Waals surface area contributed by atoms with Gasteiger partial charge in [-0.15, -0.1) is 0 Å². The number of para-hydroxylation sites is 2. The van der Waals surface area contributed by atoms with E-state index in [0.29, 0.717) is 0 Å². The minimum Gasteiger partial charge on any atom is -0.454 e. The second-order valence-corrected chi connectivity index (χ2v) is 21.9. The quantitative estimate of drug-likeness (QED) is 0.166. The minimum atomic E-state index is -0.0295. The molecule has 0 fully saturated rings. The molecule has 12 rings (SSSR count). The fraction of sp³-hybridized carbons (Fsp3) is 0.288. The summed E-state index contributed by atoms with van der Waals surface area (Å²) in [5.41, 5.74) is 23.0. The second kappa shape index (κ2) is 13.0. The molecule has 3 nitrogen and oxygen atoms in total. The molecule has 312 valence electrons. The highest BCUT2D eigenvalue weighted by Crippen LogP contribution is 2.54. The maximum atomic E-state index is 7.08. The van der Waals surface area contributed by atoms with Crippen molar-refractivity contribution in [2.45, 2.75) is 110 Å². The van der Waals surface area contributed by atoms with E-state index < -0.39 is 0 Å². The Hall–Kier alpha value is -6.00. The lowest BCUT2D eigenvalue weighted by atomic mass is 9.33. The van der Waals surface area contributed by atoms with Gasteiger partial charge in [-0.1, -0.05) is 146 Å². The van der Waals surface area contributed by atoms with Crippen LogP contribution in [-0.2, 0) is 21.7 Å². The summed E-state index contributed by atoms with van der Waals surface area (Å²) >= 11 is 0. The fourth-order valence-electron chi connectivity index (χ4n) is 12.2. The van der Waals surface area contributed by atoms with E-state index in [1.54, 1.807) is 0 Å². The molecule has 0 saturated carbocycles. The van der Waals surface area contributed by atoms with E-state index in [1.165, 1.54) is 96.6 Å². The number of hydrogen-bond acceptors (Lipinski definition) is 3. The van der Waals surface area contributed by atoms with E-state index in [2.05, 4.69) is 206 Å². The normalized spacial score (nSPS) is 18.4. The molecule has 0 atom stereocenters. The van der Waals surface area contributed by atoms with Crippen molar-refractivity contribution in [3.05, 3.63) is 161 Å². The van der Waals surface area contributed by atoms with Crippen LogP contribution in [0.1, 0.15) is 109 Å². The van der Waals surface area contributed by atoms with Crippen LogP contribution in [0.4, 0.5) is 34.1 Å². The topological polar surface area (TPSA) is 19.6 Å². The molecule has 4 aliphatic rings. The van der Waals surface area contributed by atoms with Gasteiger partial charge in [0.1, 0.15) is 5.58 Å². The van der Waals surface area contributed by atoms with Gasteiger partial charge in [0, 0.05) is 39.2 Å². The Morgan fingerprint density at radius 1 is 0.460 bits per heavy atom. The van der Waals surface area contributed by atoms with Crippen molar-refractivity contribution in [3.8, 4) is 11.1 Å². The zero-order valence-electron chi connectivity index (χ0n) is 38.4. The number of rotatable bonds is 3. The summed E-state index contributed by atoms with van der Waals surface area (Å²) in [5.74, 6) is 0. The van der Waals surface area contributed by atoms with Gasteiger partial charge in [-0.3, -0.25) is 0 Å². The molecule has 0 unspecified atom stereocenters. The SMILES string of the molecule is Cc1ccccc1N1c2cc(-c3ccccc3)cc3c2B(c2cc4c(cc2N3c2ccc3c(c2)C(C)(C)CCC3(C)C)C(C)(C)CCC4(C)C)c2ccc3c(oc4ccccc43)c21. The Bertz CT molecular complexity index is 3220. The van der Waals surface area contributed by atoms with E-state index in [4.69, 9.17) is 4.42 Å². The Kier molecular flexibility index (Phi) is 8.00. The number of benzene rings is 7. The number of anilines is 6. The smallest absolute Gasteiger partial charge is 0.252 e. The molecular formula is C59H57BN2O. The number of hydrogen-bond donors (Lipinski definition) is 0. The van der Waals surface area contributed by atoms with Crippen LogP contribution in [0.5, 0.6) is 0 Å². The number of aryl methyl sites for hydroxylation is 1. The molecule has 2 aliphatic carbocycles. The minimum absolute atomic E-state index is 0.0295. The summed E-state index contributed by atoms with van der Waals surface area (Å²) in [6.45, 7) is 21.9. The summed E-state index contributed by atoms with van der Waals surface area (Å²) in [6.07, 6.45) is 4.68. The van der Waals surface area contributed by atoms with Crippen molar-refractivity contribution in [2.75, 3.05) is 9.80 Å². The van der Waals surface area contributed by atoms with Crippen molar-refractivity contribution in [2.24, 2.45) is 0 Å². The first-order valence-corrected chi connectivity index (χ1v) is 23.3. The first-order valence-electron chi connectivity index (χ1n) is 23.3. The molecule has 0 spiro atoms. The van der Waals surface area contributed by atoms with E-state index in [1.807, 2.05) is 0 Å². The van der Waals surface area contributed by atoms with Gasteiger partial charge in [-0.2, -0.15) is 0 Å². The van der Waals surface area contributed by atoms with Gasteiger partial charge < -0.3 is 14.2 Å². The van der Waals surface area contributed by atoms with Crippen LogP contribution >= 0.6 is 0 Å². The Labute approximate surface area is 373 Å². The maximum absolute atomic E-state index is 7.08. The highest BCUT2D eigenvalue weighted by molar-refractivity contribution is 7.00. The van der Waals surface area contributed by atoms with E-state index >= 15 is 0 Å². The highest BCUT2D eigenvalue weighted by atomic mass is 16.3. The molecule has 0 bridgehead atoms. The molecule has 63 heavy (non-hydrogen) atoms. The molecule has 2 aliphatic heterocycles. The molecule has 0 amide bonds. The number of furan rings is 1. The zero-order valence-corrected chi connectivity index (χ0v) is 38.4. The first-order chi connectivity index (χ1) is 30.1. The van der Waals surface area contributed by atoms with Crippen LogP contribution in [0.15, 0.2) is 138 Å². The summed E-state index contributed by atoms with van der Waals surface area (Å²) in [6, 6.07) is 51.0. The molecule has 7 aromatic carbocycles. The molecule has 0 N–H and O–H groups in total. The van der Waals surface area contributed by atoms with Crippen LogP contribution in [0, 0.1) is 6.92 Å². The number of nitrogens with zero attached hydrogens (tertiary/aromatic N) is 2. The second-order valence-electron chi connectivity index (χ2n) is 21.9. The molecule has 1 aromatic heterocycles. The van der Waals surface area contributed by atoms with Crippen LogP contribution in [0.3, 0.4) is 0 Å². The van der Waals surface area contributed by atoms with Gasteiger partial charge in [-0.25, -0.2) is 0 Å². The summed E-state index contributed by atoms with van der Waals surface area (Å²) in [7, 11) is 0. The van der Waals surface area contributed by atoms with Crippen molar-refractivity contribution in [1.82, 2.24) is 0 Å². The van der Waals surface area contributed by atoms with Gasteiger partial charge in [0.05, 0.1) is 5.69 Å². The zero-order chi connectivity index (χ0) is 43.4. The van der Waals surface area contributed by atoms with Crippen molar-refractivity contribution < 1.29 is 4.42 Å². The standard InChI is InChI=1S/C59H57BN2O/c1-36-17-13-15-21-48(36)62-51-32-38(37-18-11-10-12-19-37)31-50-53(51)60(46-26-24-41-40-20-14-16-22-52(40)63-55(41)54(46)62)47-34-44-45(59(8,9)30-29-58(44,6)7)35-49(47)61(50)39-23-25-42-43(33-39)57(4,5)28-27-56(42,2)3/h10-26,31-35H,27-30H2,1-9H3. The lowest BCUT2D eigenvalue weighted by Crippen LogP contribution is -2.62. The molecular weight excluding hydrogens is 763 g/mol. The third kappa shape index (κ3) is 5.52. The molecule has 8 aromatic rings. The van der Waals surface area contributed by atoms with Crippen molar-refractivity contribution >= 4 is 79.2 Å². The van der Waals surface area contributed by atoms with Crippen LogP contribution < -0.4 is 26.2 Å². The van der Waals surface area contributed by atoms with Gasteiger partial charge in [0.15, 0.2) is 5.58 Å². The summed E-state index contributed by atoms with van der Waals surface area (Å²) < 4.78 is 7.08. The monoisotopic (exact) mass is 820 g/mol. The fourth-order valence-corrected chi connectivity index (χ4v) is 12.2. The molecule has 0 saturated heterocycles. The van der Waals surface area contributed by atoms with E-state index in [-0.39, 0.29) is 28.4 Å². The average Bonchev–Trinajstić information content (AvgIpc) is 3.66. The predicted octanol–water partition coefficient (Wildman–Crippen LogP) is 14.3. The van der Waals surface area contributed by atoms with E-state index in [0.717, 1.165) is 40.5 Å². The van der Waals surface area contributed by atoms with Gasteiger partial charge in [0.25, 0.3) is 6.71 Å². The summed E-state index contributed by atoms with van der Waals surface area (Å²) in [4.78, 5) is 5.23. The molecule has 4 heteroatoms. The van der Waals surface area contributed by atoms with Gasteiger partial charge in [-0.05, 0) is 152 Å². The summed E-state index contributed by atoms with van der Waals surface area (Å²) in [5, 5.41) is 2.30. The molecule has 3 heterocycles. The lowest BCUT2D eigenvalue weighted by molar-refractivity contribution is 0.332. The van der Waals surface area contributed by atoms with Crippen molar-refractivity contribution in [1.29, 1.82) is 0 Å².